The van der Waals surface area contributed by atoms with Crippen molar-refractivity contribution >= 4 is 27.5 Å². The van der Waals surface area contributed by atoms with Gasteiger partial charge in [0.25, 0.3) is 0 Å². The van der Waals surface area contributed by atoms with Crippen LogP contribution in [0, 0.1) is 0 Å². The first-order valence-corrected chi connectivity index (χ1v) is 6.00. The molecular weight excluding hydrogens is 279 g/mol. The number of methoxy groups -OCH3 is 1. The Morgan fingerprint density at radius 3 is 2.60 bits per heavy atom. The van der Waals surface area contributed by atoms with Gasteiger partial charge < -0.3 is 9.84 Å². The summed E-state index contributed by atoms with van der Waals surface area (Å²) in [4.78, 5) is 0. The normalized spacial score (nSPS) is 18.4. The monoisotopic (exact) mass is 290 g/mol. The Morgan fingerprint density at radius 1 is 1.47 bits per heavy atom. The van der Waals surface area contributed by atoms with Crippen molar-refractivity contribution in [1.29, 1.82) is 0 Å². The molecule has 0 amide bonds. The summed E-state index contributed by atoms with van der Waals surface area (Å²) in [5.41, 5.74) is 0.0364. The second kappa shape index (κ2) is 3.96. The molecule has 15 heavy (non-hydrogen) atoms. The first-order chi connectivity index (χ1) is 7.07. The van der Waals surface area contributed by atoms with Gasteiger partial charge >= 0.3 is 0 Å². The van der Waals surface area contributed by atoms with Gasteiger partial charge in [-0.15, -0.1) is 0 Å². The van der Waals surface area contributed by atoms with Gasteiger partial charge in [0.05, 0.1) is 17.2 Å². The average molecular weight is 292 g/mol. The predicted octanol–water partition coefficient (Wildman–Crippen LogP) is 3.48. The lowest BCUT2D eigenvalue weighted by Crippen LogP contribution is -2.34. The first-order valence-electron chi connectivity index (χ1n) is 4.83. The van der Waals surface area contributed by atoms with Crippen LogP contribution in [0.2, 0.25) is 5.02 Å². The first kappa shape index (κ1) is 11.2. The smallest absolute Gasteiger partial charge is 0.139 e. The zero-order chi connectivity index (χ0) is 11.1. The van der Waals surface area contributed by atoms with Crippen molar-refractivity contribution in [3.8, 4) is 5.75 Å². The summed E-state index contributed by atoms with van der Waals surface area (Å²) in [5.74, 6) is 0.682. The molecule has 1 aromatic rings. The van der Waals surface area contributed by atoms with Gasteiger partial charge in [-0.2, -0.15) is 0 Å². The Morgan fingerprint density at radius 2 is 2.13 bits per heavy atom. The third-order valence-corrected chi connectivity index (χ3v) is 3.70. The van der Waals surface area contributed by atoms with E-state index in [1.165, 1.54) is 0 Å². The molecule has 1 N–H and O–H groups in total. The number of halogens is 2. The van der Waals surface area contributed by atoms with Gasteiger partial charge in [-0.25, -0.2) is 0 Å². The van der Waals surface area contributed by atoms with Crippen molar-refractivity contribution < 1.29 is 9.84 Å². The predicted molar refractivity (Wildman–Crippen MR) is 63.5 cm³/mol. The van der Waals surface area contributed by atoms with Crippen LogP contribution in [0.1, 0.15) is 24.8 Å². The molecule has 0 aromatic heterocycles. The number of aliphatic hydroxyl groups is 1. The number of rotatable bonds is 2. The fraction of sp³-hybridized carbons (Fsp3) is 0.455. The minimum atomic E-state index is -0.751. The highest BCUT2D eigenvalue weighted by atomic mass is 79.9. The third kappa shape index (κ3) is 1.88. The summed E-state index contributed by atoms with van der Waals surface area (Å²) in [6.45, 7) is 0. The SMILES string of the molecule is COc1c(Br)cc(Cl)cc1C1(O)CCC1. The maximum Gasteiger partial charge on any atom is 0.139 e. The van der Waals surface area contributed by atoms with E-state index >= 15 is 0 Å². The van der Waals surface area contributed by atoms with Crippen LogP contribution in [0.25, 0.3) is 0 Å². The van der Waals surface area contributed by atoms with E-state index in [2.05, 4.69) is 15.9 Å². The highest BCUT2D eigenvalue weighted by Gasteiger charge is 2.39. The Balaban J connectivity index is 2.53. The van der Waals surface area contributed by atoms with Crippen LogP contribution in [0.4, 0.5) is 0 Å². The Labute approximate surface area is 102 Å². The minimum Gasteiger partial charge on any atom is -0.495 e. The van der Waals surface area contributed by atoms with Crippen molar-refractivity contribution in [2.24, 2.45) is 0 Å². The van der Waals surface area contributed by atoms with Gasteiger partial charge in [0, 0.05) is 10.6 Å². The lowest BCUT2D eigenvalue weighted by Gasteiger charge is -2.38. The number of hydrogen-bond donors (Lipinski definition) is 1. The van der Waals surface area contributed by atoms with Gasteiger partial charge in [0.1, 0.15) is 5.75 Å². The zero-order valence-corrected chi connectivity index (χ0v) is 10.7. The molecule has 82 valence electrons. The van der Waals surface area contributed by atoms with E-state index in [0.29, 0.717) is 10.8 Å². The van der Waals surface area contributed by atoms with Crippen LogP contribution in [-0.4, -0.2) is 12.2 Å². The molecule has 1 fully saturated rings. The second-order valence-corrected chi connectivity index (χ2v) is 5.14. The lowest BCUT2D eigenvalue weighted by molar-refractivity contribution is -0.0405. The molecule has 0 aliphatic heterocycles. The molecule has 4 heteroatoms. The van der Waals surface area contributed by atoms with Gasteiger partial charge in [0.15, 0.2) is 0 Å². The molecule has 0 heterocycles. The van der Waals surface area contributed by atoms with Crippen LogP contribution in [0.5, 0.6) is 5.75 Å². The molecule has 0 unspecified atom stereocenters. The standard InChI is InChI=1S/C11H12BrClO2/c1-15-10-8(11(14)3-2-4-11)5-7(13)6-9(10)12/h5-6,14H,2-4H2,1H3. The molecule has 0 saturated heterocycles. The largest absolute Gasteiger partial charge is 0.495 e. The van der Waals surface area contributed by atoms with Crippen LogP contribution >= 0.6 is 27.5 Å². The van der Waals surface area contributed by atoms with Gasteiger partial charge in [0.2, 0.25) is 0 Å². The Kier molecular flexibility index (Phi) is 2.97. The van der Waals surface area contributed by atoms with E-state index in [-0.39, 0.29) is 0 Å². The average Bonchev–Trinajstić information content (AvgIpc) is 2.13. The summed E-state index contributed by atoms with van der Waals surface area (Å²) < 4.78 is 6.07. The molecule has 1 aromatic carbocycles. The summed E-state index contributed by atoms with van der Waals surface area (Å²) >= 11 is 9.35. The Bertz CT molecular complexity index is 388. The van der Waals surface area contributed by atoms with Crippen molar-refractivity contribution in [2.45, 2.75) is 24.9 Å². The van der Waals surface area contributed by atoms with Crippen LogP contribution in [0.3, 0.4) is 0 Å². The van der Waals surface area contributed by atoms with E-state index < -0.39 is 5.60 Å². The van der Waals surface area contributed by atoms with Crippen LogP contribution in [-0.2, 0) is 5.60 Å². The zero-order valence-electron chi connectivity index (χ0n) is 8.39. The molecule has 0 bridgehead atoms. The highest BCUT2D eigenvalue weighted by Crippen LogP contribution is 2.47. The number of benzene rings is 1. The highest BCUT2D eigenvalue weighted by molar-refractivity contribution is 9.10. The summed E-state index contributed by atoms with van der Waals surface area (Å²) in [7, 11) is 1.60. The van der Waals surface area contributed by atoms with Gasteiger partial charge in [-0.3, -0.25) is 0 Å². The third-order valence-electron chi connectivity index (χ3n) is 2.89. The molecule has 2 rings (SSSR count). The van der Waals surface area contributed by atoms with Gasteiger partial charge in [-0.05, 0) is 47.3 Å². The van der Waals surface area contributed by atoms with E-state index in [4.69, 9.17) is 16.3 Å². The van der Waals surface area contributed by atoms with Crippen molar-refractivity contribution in [2.75, 3.05) is 7.11 Å². The summed E-state index contributed by atoms with van der Waals surface area (Å²) in [6.07, 6.45) is 2.59. The van der Waals surface area contributed by atoms with E-state index in [0.717, 1.165) is 29.3 Å². The molecular formula is C11H12BrClO2. The molecule has 0 radical (unpaired) electrons. The molecule has 0 atom stereocenters. The van der Waals surface area contributed by atoms with Gasteiger partial charge in [-0.1, -0.05) is 11.6 Å². The minimum absolute atomic E-state index is 0.609. The maximum absolute atomic E-state index is 10.3. The summed E-state index contributed by atoms with van der Waals surface area (Å²) in [5, 5.41) is 10.9. The topological polar surface area (TPSA) is 29.5 Å². The number of ether oxygens (including phenoxy) is 1. The molecule has 1 aliphatic carbocycles. The molecule has 1 aliphatic rings. The number of hydrogen-bond acceptors (Lipinski definition) is 2. The van der Waals surface area contributed by atoms with Crippen molar-refractivity contribution in [1.82, 2.24) is 0 Å². The Hall–Kier alpha value is -0.250. The van der Waals surface area contributed by atoms with Crippen LogP contribution in [0.15, 0.2) is 16.6 Å². The fourth-order valence-electron chi connectivity index (χ4n) is 1.89. The van der Waals surface area contributed by atoms with E-state index in [1.807, 2.05) is 0 Å². The quantitative estimate of drug-likeness (QED) is 0.904. The van der Waals surface area contributed by atoms with E-state index in [1.54, 1.807) is 19.2 Å². The lowest BCUT2D eigenvalue weighted by atomic mass is 9.75. The molecule has 1 saturated carbocycles. The maximum atomic E-state index is 10.3. The van der Waals surface area contributed by atoms with Crippen LogP contribution < -0.4 is 4.74 Å². The fourth-order valence-corrected chi connectivity index (χ4v) is 2.87. The second-order valence-electron chi connectivity index (χ2n) is 3.85. The molecule has 2 nitrogen and oxygen atoms in total. The van der Waals surface area contributed by atoms with Crippen molar-refractivity contribution in [3.63, 3.8) is 0 Å². The molecule has 0 spiro atoms. The van der Waals surface area contributed by atoms with Crippen molar-refractivity contribution in [3.05, 3.63) is 27.2 Å². The summed E-state index contributed by atoms with van der Waals surface area (Å²) in [6, 6.07) is 3.55. The van der Waals surface area contributed by atoms with E-state index in [9.17, 15) is 5.11 Å².